The summed E-state index contributed by atoms with van der Waals surface area (Å²) in [6, 6.07) is 3.81. The van der Waals surface area contributed by atoms with Gasteiger partial charge in [0, 0.05) is 17.5 Å². The molecule has 1 amide bonds. The lowest BCUT2D eigenvalue weighted by Gasteiger charge is -2.20. The van der Waals surface area contributed by atoms with E-state index in [2.05, 4.69) is 21.2 Å². The summed E-state index contributed by atoms with van der Waals surface area (Å²) in [4.78, 5) is 15.3. The number of nitrogens with zero attached hydrogens (tertiary/aromatic N) is 1. The highest BCUT2D eigenvalue weighted by Crippen LogP contribution is 2.23. The SMILES string of the molecule is CCN(CC(=O)N[C@H]1CCS(=O)(=O)C1)Cc1ccc(Br)s1. The van der Waals surface area contributed by atoms with E-state index in [1.165, 1.54) is 4.88 Å². The van der Waals surface area contributed by atoms with Crippen LogP contribution in [0, 0.1) is 0 Å². The van der Waals surface area contributed by atoms with Gasteiger partial charge in [-0.25, -0.2) is 8.42 Å². The maximum absolute atomic E-state index is 12.0. The summed E-state index contributed by atoms with van der Waals surface area (Å²) in [5, 5.41) is 2.82. The zero-order valence-electron chi connectivity index (χ0n) is 11.8. The molecule has 21 heavy (non-hydrogen) atoms. The average Bonchev–Trinajstić information content (AvgIpc) is 2.94. The van der Waals surface area contributed by atoms with Crippen LogP contribution in [0.3, 0.4) is 0 Å². The van der Waals surface area contributed by atoms with Crippen molar-refractivity contribution in [2.24, 2.45) is 0 Å². The Balaban J connectivity index is 1.82. The molecule has 8 heteroatoms. The molecule has 118 valence electrons. The van der Waals surface area contributed by atoms with Gasteiger partial charge in [0.15, 0.2) is 9.84 Å². The number of hydrogen-bond acceptors (Lipinski definition) is 5. The second-order valence-corrected chi connectivity index (χ2v) is 9.95. The average molecular weight is 395 g/mol. The Bertz CT molecular complexity index is 600. The largest absolute Gasteiger partial charge is 0.351 e. The molecule has 0 bridgehead atoms. The minimum atomic E-state index is -2.95. The molecular formula is C13H19BrN2O3S2. The van der Waals surface area contributed by atoms with Gasteiger partial charge in [-0.15, -0.1) is 11.3 Å². The standard InChI is InChI=1S/C13H19BrN2O3S2/c1-2-16(7-11-3-4-12(14)20-11)8-13(17)15-10-5-6-21(18,19)9-10/h3-4,10H,2,5-9H2,1H3,(H,15,17)/t10-/m0/s1. The van der Waals surface area contributed by atoms with E-state index in [-0.39, 0.29) is 23.5 Å². The Morgan fingerprint density at radius 1 is 1.52 bits per heavy atom. The monoisotopic (exact) mass is 394 g/mol. The zero-order chi connectivity index (χ0) is 15.5. The minimum Gasteiger partial charge on any atom is -0.351 e. The van der Waals surface area contributed by atoms with E-state index < -0.39 is 9.84 Å². The molecule has 1 fully saturated rings. The van der Waals surface area contributed by atoms with Crippen LogP contribution in [0.2, 0.25) is 0 Å². The molecule has 0 saturated carbocycles. The quantitative estimate of drug-likeness (QED) is 0.795. The fourth-order valence-electron chi connectivity index (χ4n) is 2.32. The predicted octanol–water partition coefficient (Wildman–Crippen LogP) is 1.64. The second kappa shape index (κ2) is 7.21. The van der Waals surface area contributed by atoms with Crippen molar-refractivity contribution >= 4 is 43.0 Å². The number of thiophene rings is 1. The van der Waals surface area contributed by atoms with Crippen molar-refractivity contribution in [1.82, 2.24) is 10.2 Å². The van der Waals surface area contributed by atoms with Crippen molar-refractivity contribution in [2.75, 3.05) is 24.6 Å². The van der Waals surface area contributed by atoms with Crippen molar-refractivity contribution in [1.29, 1.82) is 0 Å². The first-order valence-electron chi connectivity index (χ1n) is 6.84. The number of amides is 1. The van der Waals surface area contributed by atoms with Gasteiger partial charge in [0.05, 0.1) is 21.8 Å². The van der Waals surface area contributed by atoms with E-state index in [0.717, 1.165) is 16.9 Å². The van der Waals surface area contributed by atoms with E-state index in [9.17, 15) is 13.2 Å². The summed E-state index contributed by atoms with van der Waals surface area (Å²) in [5.74, 6) is 0.149. The lowest BCUT2D eigenvalue weighted by Crippen LogP contribution is -2.42. The van der Waals surface area contributed by atoms with Crippen LogP contribution in [-0.2, 0) is 21.2 Å². The highest BCUT2D eigenvalue weighted by atomic mass is 79.9. The fraction of sp³-hybridized carbons (Fsp3) is 0.615. The Morgan fingerprint density at radius 3 is 2.81 bits per heavy atom. The number of halogens is 1. The van der Waals surface area contributed by atoms with Gasteiger partial charge in [-0.05, 0) is 41.0 Å². The fourth-order valence-corrected chi connectivity index (χ4v) is 5.52. The Morgan fingerprint density at radius 2 is 2.29 bits per heavy atom. The molecule has 1 saturated heterocycles. The highest BCUT2D eigenvalue weighted by Gasteiger charge is 2.29. The maximum Gasteiger partial charge on any atom is 0.234 e. The van der Waals surface area contributed by atoms with E-state index >= 15 is 0 Å². The van der Waals surface area contributed by atoms with Crippen LogP contribution in [0.25, 0.3) is 0 Å². The first-order valence-corrected chi connectivity index (χ1v) is 10.3. The van der Waals surface area contributed by atoms with Gasteiger partial charge in [0.2, 0.25) is 5.91 Å². The summed E-state index contributed by atoms with van der Waals surface area (Å²) >= 11 is 5.08. The molecule has 1 aromatic heterocycles. The molecule has 2 rings (SSSR count). The lowest BCUT2D eigenvalue weighted by molar-refractivity contribution is -0.122. The van der Waals surface area contributed by atoms with E-state index in [0.29, 0.717) is 13.0 Å². The van der Waals surface area contributed by atoms with Crippen molar-refractivity contribution in [3.05, 3.63) is 20.8 Å². The summed E-state index contributed by atoms with van der Waals surface area (Å²) in [6.45, 7) is 3.80. The number of rotatable bonds is 6. The minimum absolute atomic E-state index is 0.0722. The van der Waals surface area contributed by atoms with E-state index in [1.807, 2.05) is 24.0 Å². The lowest BCUT2D eigenvalue weighted by atomic mass is 10.2. The smallest absolute Gasteiger partial charge is 0.234 e. The maximum atomic E-state index is 12.0. The van der Waals surface area contributed by atoms with Crippen LogP contribution >= 0.6 is 27.3 Å². The molecule has 5 nitrogen and oxygen atoms in total. The molecule has 1 aliphatic rings. The van der Waals surface area contributed by atoms with Gasteiger partial charge in [-0.3, -0.25) is 9.69 Å². The summed E-state index contributed by atoms with van der Waals surface area (Å²) < 4.78 is 23.8. The van der Waals surface area contributed by atoms with Gasteiger partial charge in [-0.2, -0.15) is 0 Å². The third-order valence-electron chi connectivity index (χ3n) is 3.42. The molecule has 0 radical (unpaired) electrons. The molecule has 1 atom stereocenters. The number of sulfone groups is 1. The first-order chi connectivity index (χ1) is 9.88. The normalized spacial score (nSPS) is 20.8. The number of carbonyl (C=O) groups excluding carboxylic acids is 1. The van der Waals surface area contributed by atoms with Crippen LogP contribution in [0.15, 0.2) is 15.9 Å². The van der Waals surface area contributed by atoms with Gasteiger partial charge in [0.1, 0.15) is 0 Å². The van der Waals surface area contributed by atoms with Crippen molar-refractivity contribution in [3.63, 3.8) is 0 Å². The van der Waals surface area contributed by atoms with E-state index in [4.69, 9.17) is 0 Å². The molecule has 0 unspecified atom stereocenters. The highest BCUT2D eigenvalue weighted by molar-refractivity contribution is 9.11. The third-order valence-corrected chi connectivity index (χ3v) is 6.80. The number of nitrogens with one attached hydrogen (secondary N) is 1. The van der Waals surface area contributed by atoms with Gasteiger partial charge in [-0.1, -0.05) is 6.92 Å². The number of carbonyl (C=O) groups is 1. The van der Waals surface area contributed by atoms with Gasteiger partial charge < -0.3 is 5.32 Å². The molecular weight excluding hydrogens is 376 g/mol. The van der Waals surface area contributed by atoms with Crippen LogP contribution in [-0.4, -0.2) is 49.9 Å². The molecule has 0 aliphatic carbocycles. The molecule has 1 aliphatic heterocycles. The van der Waals surface area contributed by atoms with Gasteiger partial charge in [0.25, 0.3) is 0 Å². The summed E-state index contributed by atoms with van der Waals surface area (Å²) in [6.07, 6.45) is 0.526. The van der Waals surface area contributed by atoms with Crippen LogP contribution < -0.4 is 5.32 Å². The number of hydrogen-bond donors (Lipinski definition) is 1. The molecule has 2 heterocycles. The third kappa shape index (κ3) is 5.36. The predicted molar refractivity (Wildman–Crippen MR) is 88.2 cm³/mol. The zero-order valence-corrected chi connectivity index (χ0v) is 15.1. The molecule has 1 aromatic rings. The van der Waals surface area contributed by atoms with Crippen LogP contribution in [0.5, 0.6) is 0 Å². The molecule has 1 N–H and O–H groups in total. The van der Waals surface area contributed by atoms with Crippen LogP contribution in [0.4, 0.5) is 0 Å². The molecule has 0 spiro atoms. The second-order valence-electron chi connectivity index (χ2n) is 5.18. The summed E-state index contributed by atoms with van der Waals surface area (Å²) in [5.41, 5.74) is 0. The van der Waals surface area contributed by atoms with Gasteiger partial charge >= 0.3 is 0 Å². The van der Waals surface area contributed by atoms with Crippen molar-refractivity contribution in [2.45, 2.75) is 25.9 Å². The first kappa shape index (κ1) is 16.9. The van der Waals surface area contributed by atoms with Crippen molar-refractivity contribution in [3.8, 4) is 0 Å². The number of likely N-dealkylation sites (N-methyl/N-ethyl adjacent to an activating group) is 1. The molecule has 0 aromatic carbocycles. The summed E-state index contributed by atoms with van der Waals surface area (Å²) in [7, 11) is -2.95. The van der Waals surface area contributed by atoms with Crippen molar-refractivity contribution < 1.29 is 13.2 Å². The Labute approximate surface area is 137 Å². The Hall–Kier alpha value is -0.440. The van der Waals surface area contributed by atoms with Crippen LogP contribution in [0.1, 0.15) is 18.2 Å². The Kier molecular flexibility index (Phi) is 5.81. The topological polar surface area (TPSA) is 66.5 Å². The van der Waals surface area contributed by atoms with E-state index in [1.54, 1.807) is 11.3 Å².